The van der Waals surface area contributed by atoms with Gasteiger partial charge in [0.1, 0.15) is 5.75 Å². The number of ether oxygens (including phenoxy) is 1. The third kappa shape index (κ3) is 4.28. The van der Waals surface area contributed by atoms with Crippen molar-refractivity contribution in [2.45, 2.75) is 19.5 Å². The van der Waals surface area contributed by atoms with Gasteiger partial charge < -0.3 is 4.74 Å². The number of hydrogen-bond donors (Lipinski definition) is 0. The summed E-state index contributed by atoms with van der Waals surface area (Å²) < 4.78 is 44.2. The van der Waals surface area contributed by atoms with E-state index in [0.29, 0.717) is 0 Å². The molecular formula is C24H21F3O. The van der Waals surface area contributed by atoms with E-state index in [1.54, 1.807) is 19.2 Å². The molecular weight excluding hydrogens is 361 g/mol. The Balaban J connectivity index is 2.20. The molecule has 144 valence electrons. The molecule has 0 spiro atoms. The van der Waals surface area contributed by atoms with E-state index in [1.165, 1.54) is 0 Å². The lowest BCUT2D eigenvalue weighted by Crippen LogP contribution is -2.04. The fourth-order valence-electron chi connectivity index (χ4n) is 3.26. The lowest BCUT2D eigenvalue weighted by Gasteiger charge is -2.17. The summed E-state index contributed by atoms with van der Waals surface area (Å²) in [5, 5.41) is 0. The smallest absolute Gasteiger partial charge is 0.416 e. The normalized spacial score (nSPS) is 12.5. The van der Waals surface area contributed by atoms with E-state index >= 15 is 0 Å². The molecule has 0 aromatic heterocycles. The van der Waals surface area contributed by atoms with Crippen LogP contribution < -0.4 is 4.74 Å². The topological polar surface area (TPSA) is 9.23 Å². The zero-order valence-electron chi connectivity index (χ0n) is 15.8. The van der Waals surface area contributed by atoms with Crippen LogP contribution in [0.5, 0.6) is 5.75 Å². The SMILES string of the molecule is CC/C(=C(/c1ccc(OC)cc1)c1ccc(C(F)(F)F)cc1)c1ccccc1. The number of rotatable bonds is 5. The van der Waals surface area contributed by atoms with Crippen molar-refractivity contribution < 1.29 is 17.9 Å². The highest BCUT2D eigenvalue weighted by Gasteiger charge is 2.30. The van der Waals surface area contributed by atoms with Gasteiger partial charge in [-0.2, -0.15) is 13.2 Å². The molecule has 0 atom stereocenters. The summed E-state index contributed by atoms with van der Waals surface area (Å²) in [4.78, 5) is 0. The molecule has 4 heteroatoms. The third-order valence-electron chi connectivity index (χ3n) is 4.66. The Hall–Kier alpha value is -3.01. The number of halogens is 3. The first kappa shape index (κ1) is 19.7. The van der Waals surface area contributed by atoms with E-state index in [0.717, 1.165) is 52.1 Å². The molecule has 0 saturated heterocycles. The average Bonchev–Trinajstić information content (AvgIpc) is 2.72. The van der Waals surface area contributed by atoms with Gasteiger partial charge in [0.05, 0.1) is 12.7 Å². The second-order valence-electron chi connectivity index (χ2n) is 6.38. The number of hydrogen-bond acceptors (Lipinski definition) is 1. The van der Waals surface area contributed by atoms with Gasteiger partial charge in [0.2, 0.25) is 0 Å². The van der Waals surface area contributed by atoms with E-state index in [1.807, 2.05) is 54.6 Å². The van der Waals surface area contributed by atoms with Gasteiger partial charge in [-0.05, 0) is 58.5 Å². The molecule has 1 nitrogen and oxygen atoms in total. The van der Waals surface area contributed by atoms with Crippen molar-refractivity contribution in [2.24, 2.45) is 0 Å². The van der Waals surface area contributed by atoms with Gasteiger partial charge in [-0.1, -0.05) is 61.5 Å². The fraction of sp³-hybridized carbons (Fsp3) is 0.167. The second-order valence-corrected chi connectivity index (χ2v) is 6.38. The molecule has 3 rings (SSSR count). The Morgan fingerprint density at radius 3 is 1.75 bits per heavy atom. The van der Waals surface area contributed by atoms with E-state index < -0.39 is 11.7 Å². The maximum absolute atomic E-state index is 13.0. The Kier molecular flexibility index (Phi) is 5.88. The summed E-state index contributed by atoms with van der Waals surface area (Å²) in [5.41, 5.74) is 4.08. The monoisotopic (exact) mass is 382 g/mol. The predicted octanol–water partition coefficient (Wildman–Crippen LogP) is 7.08. The van der Waals surface area contributed by atoms with E-state index in [2.05, 4.69) is 6.92 Å². The van der Waals surface area contributed by atoms with Crippen molar-refractivity contribution in [3.8, 4) is 5.75 Å². The van der Waals surface area contributed by atoms with Gasteiger partial charge in [-0.15, -0.1) is 0 Å². The molecule has 28 heavy (non-hydrogen) atoms. The molecule has 0 saturated carbocycles. The Morgan fingerprint density at radius 1 is 0.750 bits per heavy atom. The number of allylic oxidation sites excluding steroid dienone is 1. The summed E-state index contributed by atoms with van der Waals surface area (Å²) in [6, 6.07) is 22.9. The molecule has 3 aromatic carbocycles. The van der Waals surface area contributed by atoms with Crippen molar-refractivity contribution in [1.82, 2.24) is 0 Å². The maximum Gasteiger partial charge on any atom is 0.416 e. The van der Waals surface area contributed by atoms with Gasteiger partial charge in [-0.3, -0.25) is 0 Å². The molecule has 0 aliphatic heterocycles. The van der Waals surface area contributed by atoms with E-state index in [4.69, 9.17) is 4.74 Å². The largest absolute Gasteiger partial charge is 0.497 e. The van der Waals surface area contributed by atoms with Crippen LogP contribution in [-0.2, 0) is 6.18 Å². The lowest BCUT2D eigenvalue weighted by molar-refractivity contribution is -0.137. The van der Waals surface area contributed by atoms with E-state index in [9.17, 15) is 13.2 Å². The van der Waals surface area contributed by atoms with Crippen LogP contribution in [0.4, 0.5) is 13.2 Å². The minimum Gasteiger partial charge on any atom is -0.497 e. The summed E-state index contributed by atoms with van der Waals surface area (Å²) in [5.74, 6) is 0.730. The highest BCUT2D eigenvalue weighted by Crippen LogP contribution is 2.36. The summed E-state index contributed by atoms with van der Waals surface area (Å²) >= 11 is 0. The molecule has 0 bridgehead atoms. The standard InChI is InChI=1S/C24H21F3O/c1-3-22(17-7-5-4-6-8-17)23(19-11-15-21(28-2)16-12-19)18-9-13-20(14-10-18)24(25,26)27/h4-16H,3H2,1-2H3/b23-22-. The first-order valence-electron chi connectivity index (χ1n) is 9.04. The quantitative estimate of drug-likeness (QED) is 0.428. The zero-order chi connectivity index (χ0) is 20.1. The molecule has 0 N–H and O–H groups in total. The Morgan fingerprint density at radius 2 is 1.29 bits per heavy atom. The van der Waals surface area contributed by atoms with Crippen molar-refractivity contribution in [2.75, 3.05) is 7.11 Å². The van der Waals surface area contributed by atoms with E-state index in [-0.39, 0.29) is 0 Å². The summed E-state index contributed by atoms with van der Waals surface area (Å²) in [6.07, 6.45) is -3.61. The summed E-state index contributed by atoms with van der Waals surface area (Å²) in [6.45, 7) is 2.05. The fourth-order valence-corrected chi connectivity index (χ4v) is 3.26. The second kappa shape index (κ2) is 8.34. The molecule has 0 heterocycles. The molecule has 0 aliphatic carbocycles. The minimum absolute atomic E-state index is 0.650. The maximum atomic E-state index is 13.0. The summed E-state index contributed by atoms with van der Waals surface area (Å²) in [7, 11) is 1.60. The zero-order valence-corrected chi connectivity index (χ0v) is 15.8. The highest BCUT2D eigenvalue weighted by molar-refractivity contribution is 5.98. The third-order valence-corrected chi connectivity index (χ3v) is 4.66. The lowest BCUT2D eigenvalue weighted by atomic mass is 9.88. The predicted molar refractivity (Wildman–Crippen MR) is 107 cm³/mol. The minimum atomic E-state index is -4.35. The average molecular weight is 382 g/mol. The van der Waals surface area contributed by atoms with Crippen LogP contribution in [0, 0.1) is 0 Å². The molecule has 0 fully saturated rings. The number of methoxy groups -OCH3 is 1. The molecule has 0 radical (unpaired) electrons. The van der Waals surface area contributed by atoms with Gasteiger partial charge >= 0.3 is 6.18 Å². The van der Waals surface area contributed by atoms with Crippen molar-refractivity contribution in [1.29, 1.82) is 0 Å². The van der Waals surface area contributed by atoms with Crippen LogP contribution in [0.15, 0.2) is 78.9 Å². The Labute approximate surface area is 163 Å². The van der Waals surface area contributed by atoms with Gasteiger partial charge in [0, 0.05) is 0 Å². The van der Waals surface area contributed by atoms with Crippen molar-refractivity contribution >= 4 is 11.1 Å². The molecule has 0 amide bonds. The molecule has 0 aliphatic rings. The van der Waals surface area contributed by atoms with Crippen LogP contribution in [-0.4, -0.2) is 7.11 Å². The first-order valence-corrected chi connectivity index (χ1v) is 9.04. The first-order chi connectivity index (χ1) is 13.4. The molecule has 3 aromatic rings. The van der Waals surface area contributed by atoms with Crippen molar-refractivity contribution in [3.05, 3.63) is 101 Å². The number of benzene rings is 3. The molecule has 0 unspecified atom stereocenters. The highest BCUT2D eigenvalue weighted by atomic mass is 19.4. The van der Waals surface area contributed by atoms with Crippen LogP contribution in [0.3, 0.4) is 0 Å². The van der Waals surface area contributed by atoms with Crippen LogP contribution in [0.2, 0.25) is 0 Å². The van der Waals surface area contributed by atoms with Crippen molar-refractivity contribution in [3.63, 3.8) is 0 Å². The van der Waals surface area contributed by atoms with Gasteiger partial charge in [0.25, 0.3) is 0 Å². The number of alkyl halides is 3. The Bertz CT molecular complexity index is 938. The van der Waals surface area contributed by atoms with Gasteiger partial charge in [0.15, 0.2) is 0 Å². The van der Waals surface area contributed by atoms with Crippen LogP contribution in [0.1, 0.15) is 35.6 Å². The van der Waals surface area contributed by atoms with Crippen LogP contribution >= 0.6 is 0 Å². The van der Waals surface area contributed by atoms with Gasteiger partial charge in [-0.25, -0.2) is 0 Å². The van der Waals surface area contributed by atoms with Crippen LogP contribution in [0.25, 0.3) is 11.1 Å².